The third-order valence-corrected chi connectivity index (χ3v) is 5.73. The van der Waals surface area contributed by atoms with Crippen molar-refractivity contribution in [1.82, 2.24) is 4.98 Å². The zero-order valence-electron chi connectivity index (χ0n) is 14.5. The maximum Gasteiger partial charge on any atom is 0.231 e. The molecule has 1 aromatic heterocycles. The van der Waals surface area contributed by atoms with E-state index in [1.165, 1.54) is 11.3 Å². The molecular formula is C18H22ClN3O3S. The van der Waals surface area contributed by atoms with Gasteiger partial charge in [-0.3, -0.25) is 4.79 Å². The summed E-state index contributed by atoms with van der Waals surface area (Å²) < 4.78 is 10.7. The van der Waals surface area contributed by atoms with E-state index in [1.54, 1.807) is 0 Å². The van der Waals surface area contributed by atoms with Crippen LogP contribution < -0.4 is 20.5 Å². The average Bonchev–Trinajstić information content (AvgIpc) is 3.22. The molecule has 1 aliphatic carbocycles. The number of halogens is 1. The van der Waals surface area contributed by atoms with E-state index in [4.69, 9.17) is 15.2 Å². The number of nitrogens with two attached hydrogens (primary N) is 1. The van der Waals surface area contributed by atoms with Gasteiger partial charge in [0.05, 0.1) is 11.6 Å². The van der Waals surface area contributed by atoms with Gasteiger partial charge in [-0.2, -0.15) is 0 Å². The van der Waals surface area contributed by atoms with E-state index in [-0.39, 0.29) is 31.0 Å². The number of fused-ring (bicyclic) bond motifs is 1. The van der Waals surface area contributed by atoms with Crippen molar-refractivity contribution >= 4 is 34.8 Å². The highest BCUT2D eigenvalue weighted by Gasteiger charge is 2.38. The first-order valence-corrected chi connectivity index (χ1v) is 9.36. The lowest BCUT2D eigenvalue weighted by atomic mass is 9.74. The molecule has 2 atom stereocenters. The highest BCUT2D eigenvalue weighted by Crippen LogP contribution is 2.37. The summed E-state index contributed by atoms with van der Waals surface area (Å²) in [6.07, 6.45) is 3.85. The Labute approximate surface area is 162 Å². The molecule has 2 aliphatic rings. The molecule has 1 fully saturated rings. The molecular weight excluding hydrogens is 374 g/mol. The summed E-state index contributed by atoms with van der Waals surface area (Å²) in [4.78, 5) is 17.2. The molecule has 0 spiro atoms. The molecule has 0 saturated heterocycles. The Hall–Kier alpha value is -1.83. The van der Waals surface area contributed by atoms with Gasteiger partial charge in [0.1, 0.15) is 0 Å². The smallest absolute Gasteiger partial charge is 0.231 e. The second kappa shape index (κ2) is 7.42. The second-order valence-electron chi connectivity index (χ2n) is 6.90. The number of carbonyl (C=O) groups is 1. The van der Waals surface area contributed by atoms with E-state index in [2.05, 4.69) is 10.3 Å². The summed E-state index contributed by atoms with van der Waals surface area (Å²) in [7, 11) is 0. The Bertz CT molecular complexity index is 809. The average molecular weight is 396 g/mol. The van der Waals surface area contributed by atoms with Crippen LogP contribution in [0.3, 0.4) is 0 Å². The van der Waals surface area contributed by atoms with E-state index in [0.717, 1.165) is 48.4 Å². The number of aromatic nitrogens is 1. The van der Waals surface area contributed by atoms with E-state index in [1.807, 2.05) is 30.5 Å². The van der Waals surface area contributed by atoms with Crippen LogP contribution >= 0.6 is 23.7 Å². The maximum atomic E-state index is 12.6. The molecule has 2 heterocycles. The summed E-state index contributed by atoms with van der Waals surface area (Å²) in [6.45, 7) is 2.21. The molecule has 0 bridgehead atoms. The number of benzene rings is 1. The summed E-state index contributed by atoms with van der Waals surface area (Å²) >= 11 is 1.41. The normalized spacial score (nSPS) is 24.0. The monoisotopic (exact) mass is 395 g/mol. The highest BCUT2D eigenvalue weighted by molar-refractivity contribution is 7.14. The predicted octanol–water partition coefficient (Wildman–Crippen LogP) is 3.81. The molecule has 4 rings (SSSR count). The van der Waals surface area contributed by atoms with Crippen molar-refractivity contribution in [2.75, 3.05) is 12.1 Å². The minimum Gasteiger partial charge on any atom is -0.454 e. The first kappa shape index (κ1) is 18.9. The fourth-order valence-electron chi connectivity index (χ4n) is 3.50. The topological polar surface area (TPSA) is 86.5 Å². The first-order chi connectivity index (χ1) is 12.0. The van der Waals surface area contributed by atoms with Crippen LogP contribution in [-0.2, 0) is 4.79 Å². The minimum absolute atomic E-state index is 0. The molecule has 26 heavy (non-hydrogen) atoms. The van der Waals surface area contributed by atoms with Gasteiger partial charge in [0.25, 0.3) is 0 Å². The lowest BCUT2D eigenvalue weighted by molar-refractivity contribution is -0.122. The van der Waals surface area contributed by atoms with Crippen LogP contribution in [0.15, 0.2) is 23.6 Å². The molecule has 1 amide bonds. The Kier molecular flexibility index (Phi) is 5.41. The number of thiazole rings is 1. The number of nitrogens with one attached hydrogen (secondary N) is 1. The molecule has 1 aliphatic heterocycles. The van der Waals surface area contributed by atoms with Crippen molar-refractivity contribution in [3.05, 3.63) is 23.6 Å². The van der Waals surface area contributed by atoms with Gasteiger partial charge >= 0.3 is 0 Å². The summed E-state index contributed by atoms with van der Waals surface area (Å²) in [5.41, 5.74) is 7.61. The quantitative estimate of drug-likeness (QED) is 0.825. The van der Waals surface area contributed by atoms with Gasteiger partial charge in [-0.15, -0.1) is 23.7 Å². The lowest BCUT2D eigenvalue weighted by Crippen LogP contribution is -2.51. The predicted molar refractivity (Wildman–Crippen MR) is 104 cm³/mol. The van der Waals surface area contributed by atoms with Crippen LogP contribution in [0.2, 0.25) is 0 Å². The van der Waals surface area contributed by atoms with Crippen molar-refractivity contribution in [2.45, 2.75) is 38.1 Å². The van der Waals surface area contributed by atoms with Gasteiger partial charge in [0.15, 0.2) is 16.6 Å². The van der Waals surface area contributed by atoms with Crippen LogP contribution in [-0.4, -0.2) is 23.2 Å². The second-order valence-corrected chi connectivity index (χ2v) is 7.76. The third-order valence-electron chi connectivity index (χ3n) is 4.97. The van der Waals surface area contributed by atoms with Gasteiger partial charge in [-0.25, -0.2) is 4.98 Å². The zero-order valence-corrected chi connectivity index (χ0v) is 16.1. The van der Waals surface area contributed by atoms with Crippen molar-refractivity contribution in [1.29, 1.82) is 0 Å². The van der Waals surface area contributed by atoms with E-state index < -0.39 is 5.54 Å². The SMILES string of the molecule is CC1(N)CCCCC1C(=O)Nc1nc(-c2ccc3c(c2)OCO3)cs1.Cl. The lowest BCUT2D eigenvalue weighted by Gasteiger charge is -2.36. The number of hydrogen-bond donors (Lipinski definition) is 2. The Morgan fingerprint density at radius 1 is 1.35 bits per heavy atom. The number of ether oxygens (including phenoxy) is 2. The molecule has 2 unspecified atom stereocenters. The van der Waals surface area contributed by atoms with Crippen LogP contribution in [0.25, 0.3) is 11.3 Å². The van der Waals surface area contributed by atoms with Gasteiger partial charge in [0.2, 0.25) is 12.7 Å². The Morgan fingerprint density at radius 3 is 2.96 bits per heavy atom. The molecule has 3 N–H and O–H groups in total. The molecule has 0 radical (unpaired) electrons. The largest absolute Gasteiger partial charge is 0.454 e. The number of rotatable bonds is 3. The molecule has 1 aromatic carbocycles. The third kappa shape index (κ3) is 3.65. The standard InChI is InChI=1S/C18H21N3O3S.ClH/c1-18(19)7-3-2-4-12(18)16(22)21-17-20-13(9-25-17)11-5-6-14-15(8-11)24-10-23-14;/h5-6,8-9,12H,2-4,7,10,19H2,1H3,(H,20,21,22);1H. The number of amides is 1. The summed E-state index contributed by atoms with van der Waals surface area (Å²) in [6, 6.07) is 5.71. The van der Waals surface area contributed by atoms with Crippen molar-refractivity contribution in [2.24, 2.45) is 11.7 Å². The van der Waals surface area contributed by atoms with E-state index >= 15 is 0 Å². The molecule has 6 nitrogen and oxygen atoms in total. The maximum absolute atomic E-state index is 12.6. The molecule has 140 valence electrons. The fraction of sp³-hybridized carbons (Fsp3) is 0.444. The summed E-state index contributed by atoms with van der Waals surface area (Å²) in [5.74, 6) is 1.26. The van der Waals surface area contributed by atoms with Crippen LogP contribution in [0, 0.1) is 5.92 Å². The van der Waals surface area contributed by atoms with Crippen LogP contribution in [0.5, 0.6) is 11.5 Å². The number of hydrogen-bond acceptors (Lipinski definition) is 6. The van der Waals surface area contributed by atoms with Gasteiger partial charge in [-0.05, 0) is 38.0 Å². The molecule has 1 saturated carbocycles. The van der Waals surface area contributed by atoms with Gasteiger partial charge in [-0.1, -0.05) is 12.8 Å². The van der Waals surface area contributed by atoms with Crippen LogP contribution in [0.4, 0.5) is 5.13 Å². The number of nitrogens with zero attached hydrogens (tertiary/aromatic N) is 1. The van der Waals surface area contributed by atoms with Crippen LogP contribution in [0.1, 0.15) is 32.6 Å². The van der Waals surface area contributed by atoms with Gasteiger partial charge in [0, 0.05) is 16.5 Å². The number of anilines is 1. The highest BCUT2D eigenvalue weighted by atomic mass is 35.5. The molecule has 2 aromatic rings. The first-order valence-electron chi connectivity index (χ1n) is 8.48. The van der Waals surface area contributed by atoms with Crippen molar-refractivity contribution in [3.8, 4) is 22.8 Å². The zero-order chi connectivity index (χ0) is 17.4. The van der Waals surface area contributed by atoms with Gasteiger partial charge < -0.3 is 20.5 Å². The molecule has 8 heteroatoms. The Morgan fingerprint density at radius 2 is 2.15 bits per heavy atom. The van der Waals surface area contributed by atoms with E-state index in [9.17, 15) is 4.79 Å². The minimum atomic E-state index is -0.445. The van der Waals surface area contributed by atoms with Crippen molar-refractivity contribution < 1.29 is 14.3 Å². The number of carbonyl (C=O) groups excluding carboxylic acids is 1. The van der Waals surface area contributed by atoms with E-state index in [0.29, 0.717) is 5.13 Å². The summed E-state index contributed by atoms with van der Waals surface area (Å²) in [5, 5.41) is 5.46. The van der Waals surface area contributed by atoms with Crippen molar-refractivity contribution in [3.63, 3.8) is 0 Å². The Balaban J connectivity index is 0.00000196. The fourth-order valence-corrected chi connectivity index (χ4v) is 4.22.